The van der Waals surface area contributed by atoms with Crippen molar-refractivity contribution in [1.29, 1.82) is 0 Å². The molecule has 164 valence electrons. The van der Waals surface area contributed by atoms with E-state index in [2.05, 4.69) is 15.3 Å². The van der Waals surface area contributed by atoms with Gasteiger partial charge in [-0.2, -0.15) is 0 Å². The number of thiophene rings is 1. The first-order valence-corrected chi connectivity index (χ1v) is 12.0. The van der Waals surface area contributed by atoms with Gasteiger partial charge in [0.1, 0.15) is 10.6 Å². The molecule has 1 amide bonds. The number of H-pyrrole nitrogens is 1. The molecule has 4 rings (SSSR count). The molecule has 32 heavy (non-hydrogen) atoms. The van der Waals surface area contributed by atoms with Crippen molar-refractivity contribution >= 4 is 56.5 Å². The van der Waals surface area contributed by atoms with Crippen LogP contribution in [0.3, 0.4) is 0 Å². The van der Waals surface area contributed by atoms with Crippen LogP contribution in [0.2, 0.25) is 5.02 Å². The number of thioether (sulfide) groups is 1. The van der Waals surface area contributed by atoms with Gasteiger partial charge in [-0.05, 0) is 30.2 Å². The van der Waals surface area contributed by atoms with Crippen molar-refractivity contribution in [3.63, 3.8) is 0 Å². The van der Waals surface area contributed by atoms with E-state index in [1.54, 1.807) is 18.2 Å². The molecule has 9 heteroatoms. The fraction of sp³-hybridized carbons (Fsp3) is 0.174. The lowest BCUT2D eigenvalue weighted by Gasteiger charge is -2.16. The van der Waals surface area contributed by atoms with E-state index >= 15 is 0 Å². The minimum absolute atomic E-state index is 0.218. The van der Waals surface area contributed by atoms with Gasteiger partial charge in [-0.25, -0.2) is 4.98 Å². The summed E-state index contributed by atoms with van der Waals surface area (Å²) in [5, 5.41) is 5.80. The van der Waals surface area contributed by atoms with Crippen molar-refractivity contribution in [3.05, 3.63) is 69.3 Å². The molecule has 2 aromatic carbocycles. The van der Waals surface area contributed by atoms with E-state index in [0.29, 0.717) is 38.3 Å². The van der Waals surface area contributed by atoms with Crippen LogP contribution in [0.15, 0.2) is 63.9 Å². The molecule has 2 N–H and O–H groups in total. The van der Waals surface area contributed by atoms with E-state index < -0.39 is 5.25 Å². The highest BCUT2D eigenvalue weighted by Crippen LogP contribution is 2.33. The topological polar surface area (TPSA) is 84.1 Å². The first-order valence-electron chi connectivity index (χ1n) is 9.88. The molecule has 0 spiro atoms. The molecule has 0 aliphatic rings. The highest BCUT2D eigenvalue weighted by Gasteiger charge is 2.22. The Morgan fingerprint density at radius 2 is 2.06 bits per heavy atom. The fourth-order valence-electron chi connectivity index (χ4n) is 3.26. The van der Waals surface area contributed by atoms with Gasteiger partial charge in [0.25, 0.3) is 5.56 Å². The van der Waals surface area contributed by atoms with Crippen molar-refractivity contribution in [1.82, 2.24) is 9.97 Å². The van der Waals surface area contributed by atoms with Crippen LogP contribution in [0.25, 0.3) is 21.3 Å². The Hall–Kier alpha value is -2.81. The summed E-state index contributed by atoms with van der Waals surface area (Å²) in [5.41, 5.74) is 2.09. The summed E-state index contributed by atoms with van der Waals surface area (Å²) in [6, 6.07) is 14.8. The number of ether oxygens (including phenoxy) is 1. The molecule has 0 saturated carbocycles. The summed E-state index contributed by atoms with van der Waals surface area (Å²) in [4.78, 5) is 33.9. The van der Waals surface area contributed by atoms with E-state index in [9.17, 15) is 9.59 Å². The van der Waals surface area contributed by atoms with Crippen LogP contribution in [0.1, 0.15) is 13.3 Å². The van der Waals surface area contributed by atoms with Gasteiger partial charge in [0.2, 0.25) is 5.91 Å². The van der Waals surface area contributed by atoms with Gasteiger partial charge in [-0.15, -0.1) is 11.3 Å². The maximum absolute atomic E-state index is 12.9. The van der Waals surface area contributed by atoms with Crippen LogP contribution in [-0.2, 0) is 4.79 Å². The smallest absolute Gasteiger partial charge is 0.260 e. The lowest BCUT2D eigenvalue weighted by atomic mass is 10.1. The molecule has 0 bridgehead atoms. The molecule has 1 atom stereocenters. The number of nitrogens with zero attached hydrogens (tertiary/aromatic N) is 1. The maximum Gasteiger partial charge on any atom is 0.260 e. The van der Waals surface area contributed by atoms with Gasteiger partial charge in [-0.3, -0.25) is 9.59 Å². The van der Waals surface area contributed by atoms with Crippen molar-refractivity contribution in [2.24, 2.45) is 0 Å². The Bertz CT molecular complexity index is 1320. The molecular weight excluding hydrogens is 466 g/mol. The Balaban J connectivity index is 1.59. The Kier molecular flexibility index (Phi) is 6.83. The van der Waals surface area contributed by atoms with Crippen LogP contribution in [0, 0.1) is 0 Å². The molecule has 0 aliphatic carbocycles. The average Bonchev–Trinajstić information content (AvgIpc) is 3.23. The zero-order valence-electron chi connectivity index (χ0n) is 17.3. The quantitative estimate of drug-likeness (QED) is 0.254. The first kappa shape index (κ1) is 22.4. The average molecular weight is 486 g/mol. The number of carbonyl (C=O) groups excluding carboxylic acids is 1. The number of benzene rings is 2. The predicted molar refractivity (Wildman–Crippen MR) is 132 cm³/mol. The number of hydrogen-bond acceptors (Lipinski definition) is 6. The number of fused-ring (bicyclic) bond motifs is 1. The van der Waals surface area contributed by atoms with Crippen LogP contribution >= 0.6 is 34.7 Å². The van der Waals surface area contributed by atoms with Gasteiger partial charge >= 0.3 is 0 Å². The van der Waals surface area contributed by atoms with Crippen LogP contribution < -0.4 is 15.6 Å². The van der Waals surface area contributed by atoms with Crippen LogP contribution in [-0.4, -0.2) is 28.2 Å². The second-order valence-corrected chi connectivity index (χ2v) is 9.40. The van der Waals surface area contributed by atoms with Crippen LogP contribution in [0.4, 0.5) is 5.69 Å². The third-order valence-corrected chi connectivity index (χ3v) is 7.20. The molecule has 0 radical (unpaired) electrons. The normalized spacial score (nSPS) is 12.0. The zero-order valence-corrected chi connectivity index (χ0v) is 19.7. The van der Waals surface area contributed by atoms with Crippen molar-refractivity contribution in [2.75, 3.05) is 12.4 Å². The first-order chi connectivity index (χ1) is 15.5. The number of methoxy groups -OCH3 is 1. The van der Waals surface area contributed by atoms with E-state index in [0.717, 1.165) is 11.1 Å². The number of amides is 1. The Morgan fingerprint density at radius 1 is 1.28 bits per heavy atom. The molecule has 1 unspecified atom stereocenters. The SMILES string of the molecule is CCC(Sc1nc2scc(-c3ccccc3)c2c(=O)[nH]1)C(=O)Nc1cc(Cl)ccc1OC. The predicted octanol–water partition coefficient (Wildman–Crippen LogP) is 5.82. The largest absolute Gasteiger partial charge is 0.495 e. The van der Waals surface area contributed by atoms with Gasteiger partial charge in [-0.1, -0.05) is 60.6 Å². The molecule has 2 heterocycles. The van der Waals surface area contributed by atoms with E-state index in [-0.39, 0.29) is 11.5 Å². The summed E-state index contributed by atoms with van der Waals surface area (Å²) in [5.74, 6) is 0.291. The van der Waals surface area contributed by atoms with Crippen molar-refractivity contribution in [2.45, 2.75) is 23.8 Å². The molecule has 0 aliphatic heterocycles. The Labute approximate surface area is 198 Å². The lowest BCUT2D eigenvalue weighted by Crippen LogP contribution is -2.25. The number of carbonyl (C=O) groups is 1. The van der Waals surface area contributed by atoms with E-state index in [1.165, 1.54) is 30.2 Å². The standard InChI is InChI=1S/C23H20ClN3O3S2/c1-3-18(20(28)25-16-11-14(24)9-10-17(16)30-2)32-23-26-21(29)19-15(12-31-22(19)27-23)13-7-5-4-6-8-13/h4-12,18H,3H2,1-2H3,(H,25,28)(H,26,27,29). The summed E-state index contributed by atoms with van der Waals surface area (Å²) in [6.45, 7) is 1.90. The van der Waals surface area contributed by atoms with Gasteiger partial charge in [0, 0.05) is 16.0 Å². The van der Waals surface area contributed by atoms with E-state index in [1.807, 2.05) is 42.6 Å². The molecule has 0 fully saturated rings. The number of rotatable bonds is 7. The minimum Gasteiger partial charge on any atom is -0.495 e. The van der Waals surface area contributed by atoms with Crippen molar-refractivity contribution in [3.8, 4) is 16.9 Å². The molecule has 4 aromatic rings. The van der Waals surface area contributed by atoms with Crippen molar-refractivity contribution < 1.29 is 9.53 Å². The van der Waals surface area contributed by atoms with E-state index in [4.69, 9.17) is 16.3 Å². The second-order valence-electron chi connectivity index (χ2n) is 6.92. The minimum atomic E-state index is -0.465. The molecular formula is C23H20ClN3O3S2. The number of aromatic amines is 1. The highest BCUT2D eigenvalue weighted by atomic mass is 35.5. The maximum atomic E-state index is 12.9. The molecule has 6 nitrogen and oxygen atoms in total. The molecule has 0 saturated heterocycles. The zero-order chi connectivity index (χ0) is 22.7. The number of aromatic nitrogens is 2. The number of halogens is 1. The number of nitrogens with one attached hydrogen (secondary N) is 2. The third-order valence-electron chi connectivity index (χ3n) is 4.84. The summed E-state index contributed by atoms with van der Waals surface area (Å²) in [7, 11) is 1.53. The fourth-order valence-corrected chi connectivity index (χ4v) is 5.34. The lowest BCUT2D eigenvalue weighted by molar-refractivity contribution is -0.115. The number of hydrogen-bond donors (Lipinski definition) is 2. The Morgan fingerprint density at radius 3 is 2.78 bits per heavy atom. The van der Waals surface area contributed by atoms with Gasteiger partial charge in [0.15, 0.2) is 5.16 Å². The van der Waals surface area contributed by atoms with Gasteiger partial charge < -0.3 is 15.0 Å². The number of anilines is 1. The summed E-state index contributed by atoms with van der Waals surface area (Å²) < 4.78 is 5.30. The summed E-state index contributed by atoms with van der Waals surface area (Å²) in [6.07, 6.45) is 0.542. The molecule has 2 aromatic heterocycles. The van der Waals surface area contributed by atoms with Gasteiger partial charge in [0.05, 0.1) is 23.4 Å². The second kappa shape index (κ2) is 9.77. The third kappa shape index (κ3) is 4.67. The van der Waals surface area contributed by atoms with Crippen LogP contribution in [0.5, 0.6) is 5.75 Å². The highest BCUT2D eigenvalue weighted by molar-refractivity contribution is 8.00. The monoisotopic (exact) mass is 485 g/mol. The summed E-state index contributed by atoms with van der Waals surface area (Å²) >= 11 is 8.69.